The van der Waals surface area contributed by atoms with Gasteiger partial charge in [0.1, 0.15) is 0 Å². The van der Waals surface area contributed by atoms with Crippen molar-refractivity contribution in [2.75, 3.05) is 7.11 Å². The van der Waals surface area contributed by atoms with Gasteiger partial charge >= 0.3 is 17.8 Å². The van der Waals surface area contributed by atoms with E-state index >= 15 is 0 Å². The van der Waals surface area contributed by atoms with Gasteiger partial charge in [0, 0.05) is 5.56 Å². The average molecular weight is 244 g/mol. The van der Waals surface area contributed by atoms with Gasteiger partial charge in [0.15, 0.2) is 0 Å². The van der Waals surface area contributed by atoms with E-state index in [-0.39, 0.29) is 11.1 Å². The predicted octanol–water partition coefficient (Wildman–Crippen LogP) is 2.65. The van der Waals surface area contributed by atoms with E-state index in [4.69, 9.17) is 0 Å². The maximum atomic E-state index is 12.6. The fourth-order valence-electron chi connectivity index (χ4n) is 1.40. The number of carbonyl (C=O) groups excluding carboxylic acids is 1. The smallest absolute Gasteiger partial charge is 0.442 e. The summed E-state index contributed by atoms with van der Waals surface area (Å²) in [5.74, 6) is -0.609. The minimum absolute atomic E-state index is 0.113. The molecule has 0 saturated carbocycles. The average Bonchev–Trinajstić information content (AvgIpc) is 3.08. The van der Waals surface area contributed by atoms with Crippen molar-refractivity contribution >= 4 is 5.97 Å². The number of hydrogen-bond acceptors (Lipinski definition) is 4. The van der Waals surface area contributed by atoms with Crippen LogP contribution in [0.3, 0.4) is 0 Å². The topological polar surface area (TPSA) is 51.0 Å². The van der Waals surface area contributed by atoms with E-state index in [0.717, 1.165) is 0 Å². The quantitative estimate of drug-likeness (QED) is 0.751. The Morgan fingerprint density at radius 1 is 1.24 bits per heavy atom. The highest BCUT2D eigenvalue weighted by molar-refractivity contribution is 5.89. The van der Waals surface area contributed by atoms with Crippen LogP contribution in [-0.2, 0) is 10.4 Å². The summed E-state index contributed by atoms with van der Waals surface area (Å²) in [6, 6.07) is 4.83. The monoisotopic (exact) mass is 244 g/mol. The molecular weight excluding hydrogens is 237 g/mol. The molecule has 90 valence electrons. The highest BCUT2D eigenvalue weighted by atomic mass is 19.4. The number of halogens is 3. The van der Waals surface area contributed by atoms with Crippen LogP contribution in [0.1, 0.15) is 15.9 Å². The summed E-state index contributed by atoms with van der Waals surface area (Å²) in [6.45, 7) is 0. The molecule has 0 aromatic heterocycles. The van der Waals surface area contributed by atoms with E-state index in [1.54, 1.807) is 0 Å². The molecule has 0 spiro atoms. The Balaban J connectivity index is 2.28. The number of methoxy groups -OCH3 is 1. The Bertz CT molecular complexity index is 473. The molecule has 0 fully saturated rings. The minimum atomic E-state index is -4.56. The van der Waals surface area contributed by atoms with Gasteiger partial charge in [0.05, 0.1) is 12.7 Å². The second-order valence-corrected chi connectivity index (χ2v) is 3.44. The van der Waals surface area contributed by atoms with Gasteiger partial charge in [-0.1, -0.05) is 12.1 Å². The largest absolute Gasteiger partial charge is 0.465 e. The summed E-state index contributed by atoms with van der Waals surface area (Å²) < 4.78 is 42.3. The molecule has 1 heterocycles. The van der Waals surface area contributed by atoms with E-state index in [0.29, 0.717) is 0 Å². The summed E-state index contributed by atoms with van der Waals surface area (Å²) >= 11 is 0. The SMILES string of the molecule is COC(=O)c1ccc(C2(C(F)(F)F)N=N2)cc1. The fraction of sp³-hybridized carbons (Fsp3) is 0.300. The van der Waals surface area contributed by atoms with Gasteiger partial charge in [-0.05, 0) is 12.1 Å². The first kappa shape index (κ1) is 11.6. The van der Waals surface area contributed by atoms with E-state index in [9.17, 15) is 18.0 Å². The number of alkyl halides is 3. The second kappa shape index (κ2) is 3.54. The normalized spacial score (nSPS) is 16.7. The molecule has 1 aromatic rings. The molecule has 7 heteroatoms. The van der Waals surface area contributed by atoms with Crippen molar-refractivity contribution in [3.63, 3.8) is 0 Å². The summed E-state index contributed by atoms with van der Waals surface area (Å²) in [6.07, 6.45) is -4.56. The molecule has 0 bridgehead atoms. The van der Waals surface area contributed by atoms with E-state index in [2.05, 4.69) is 15.0 Å². The summed E-state index contributed by atoms with van der Waals surface area (Å²) in [4.78, 5) is 11.1. The molecule has 0 saturated heterocycles. The third-order valence-electron chi connectivity index (χ3n) is 2.40. The third kappa shape index (κ3) is 1.77. The lowest BCUT2D eigenvalue weighted by Crippen LogP contribution is -2.30. The number of carbonyl (C=O) groups is 1. The lowest BCUT2D eigenvalue weighted by Gasteiger charge is -2.14. The lowest BCUT2D eigenvalue weighted by molar-refractivity contribution is -0.166. The van der Waals surface area contributed by atoms with Crippen LogP contribution < -0.4 is 0 Å². The molecule has 0 radical (unpaired) electrons. The Hall–Kier alpha value is -1.92. The van der Waals surface area contributed by atoms with Crippen LogP contribution in [0.25, 0.3) is 0 Å². The van der Waals surface area contributed by atoms with Crippen molar-refractivity contribution in [3.8, 4) is 0 Å². The molecule has 0 amide bonds. The van der Waals surface area contributed by atoms with Gasteiger partial charge in [0.2, 0.25) is 0 Å². The Morgan fingerprint density at radius 2 is 1.76 bits per heavy atom. The molecule has 0 aliphatic carbocycles. The fourth-order valence-corrected chi connectivity index (χ4v) is 1.40. The van der Waals surface area contributed by atoms with E-state index in [1.165, 1.54) is 31.4 Å². The molecular formula is C10H7F3N2O2. The molecule has 1 aliphatic heterocycles. The zero-order valence-electron chi connectivity index (χ0n) is 8.65. The maximum absolute atomic E-state index is 12.6. The summed E-state index contributed by atoms with van der Waals surface area (Å²) in [5.41, 5.74) is -2.38. The van der Waals surface area contributed by atoms with Gasteiger partial charge in [-0.15, -0.1) is 10.2 Å². The maximum Gasteiger partial charge on any atom is 0.442 e. The summed E-state index contributed by atoms with van der Waals surface area (Å²) in [7, 11) is 1.19. The molecule has 1 aromatic carbocycles. The van der Waals surface area contributed by atoms with Crippen LogP contribution >= 0.6 is 0 Å². The molecule has 2 rings (SSSR count). The van der Waals surface area contributed by atoms with Crippen molar-refractivity contribution in [1.82, 2.24) is 0 Å². The van der Waals surface area contributed by atoms with Crippen LogP contribution in [-0.4, -0.2) is 19.3 Å². The van der Waals surface area contributed by atoms with Gasteiger partial charge in [-0.3, -0.25) is 0 Å². The van der Waals surface area contributed by atoms with Crippen molar-refractivity contribution < 1.29 is 22.7 Å². The molecule has 1 aliphatic rings. The standard InChI is InChI=1S/C10H7F3N2O2/c1-17-8(16)6-2-4-7(5-3-6)9(14-15-9)10(11,12)13/h2-5H,1H3. The van der Waals surface area contributed by atoms with Gasteiger partial charge in [-0.2, -0.15) is 13.2 Å². The number of esters is 1. The van der Waals surface area contributed by atoms with Crippen LogP contribution in [0.2, 0.25) is 0 Å². The predicted molar refractivity (Wildman–Crippen MR) is 50.4 cm³/mol. The zero-order chi connectivity index (χ0) is 12.7. The highest BCUT2D eigenvalue weighted by Gasteiger charge is 2.65. The molecule has 0 N–H and O–H groups in total. The van der Waals surface area contributed by atoms with Crippen LogP contribution in [0.15, 0.2) is 34.5 Å². The van der Waals surface area contributed by atoms with Crippen LogP contribution in [0, 0.1) is 0 Å². The Labute approximate surface area is 94.1 Å². The van der Waals surface area contributed by atoms with Gasteiger partial charge < -0.3 is 4.74 Å². The molecule has 4 nitrogen and oxygen atoms in total. The molecule has 0 atom stereocenters. The summed E-state index contributed by atoms with van der Waals surface area (Å²) in [5, 5.41) is 6.11. The number of ether oxygens (including phenoxy) is 1. The Kier molecular flexibility index (Phi) is 2.41. The number of hydrogen-bond donors (Lipinski definition) is 0. The highest BCUT2D eigenvalue weighted by Crippen LogP contribution is 2.52. The number of benzene rings is 1. The number of nitrogens with zero attached hydrogens (tertiary/aromatic N) is 2. The van der Waals surface area contributed by atoms with Crippen molar-refractivity contribution in [3.05, 3.63) is 35.4 Å². The Morgan fingerprint density at radius 3 is 2.12 bits per heavy atom. The van der Waals surface area contributed by atoms with Crippen molar-refractivity contribution in [2.45, 2.75) is 11.8 Å². The van der Waals surface area contributed by atoms with Crippen LogP contribution in [0.5, 0.6) is 0 Å². The second-order valence-electron chi connectivity index (χ2n) is 3.44. The van der Waals surface area contributed by atoms with E-state index in [1.807, 2.05) is 0 Å². The first-order valence-electron chi connectivity index (χ1n) is 4.60. The molecule has 17 heavy (non-hydrogen) atoms. The third-order valence-corrected chi connectivity index (χ3v) is 2.40. The van der Waals surface area contributed by atoms with Gasteiger partial charge in [0.25, 0.3) is 0 Å². The van der Waals surface area contributed by atoms with Crippen molar-refractivity contribution in [1.29, 1.82) is 0 Å². The first-order valence-corrected chi connectivity index (χ1v) is 4.60. The first-order chi connectivity index (χ1) is 7.90. The van der Waals surface area contributed by atoms with Crippen LogP contribution in [0.4, 0.5) is 13.2 Å². The van der Waals surface area contributed by atoms with E-state index < -0.39 is 17.8 Å². The number of rotatable bonds is 2. The van der Waals surface area contributed by atoms with Crippen molar-refractivity contribution in [2.24, 2.45) is 10.2 Å². The van der Waals surface area contributed by atoms with Gasteiger partial charge in [-0.25, -0.2) is 4.79 Å². The zero-order valence-corrected chi connectivity index (χ0v) is 8.65. The lowest BCUT2D eigenvalue weighted by atomic mass is 10.0. The molecule has 0 unspecified atom stereocenters. The minimum Gasteiger partial charge on any atom is -0.465 e.